The van der Waals surface area contributed by atoms with E-state index in [0.717, 1.165) is 23.4 Å². The Morgan fingerprint density at radius 3 is 2.47 bits per heavy atom. The first-order chi connectivity index (χ1) is 8.78. The van der Waals surface area contributed by atoms with E-state index in [1.54, 1.807) is 0 Å². The molecule has 2 rings (SSSR count). The molecule has 19 heavy (non-hydrogen) atoms. The van der Waals surface area contributed by atoms with Crippen molar-refractivity contribution in [1.29, 1.82) is 0 Å². The highest BCUT2D eigenvalue weighted by atomic mass is 79.9. The predicted octanol–water partition coefficient (Wildman–Crippen LogP) is 4.19. The maximum absolute atomic E-state index is 4.29. The van der Waals surface area contributed by atoms with Crippen LogP contribution >= 0.6 is 15.9 Å². The summed E-state index contributed by atoms with van der Waals surface area (Å²) < 4.78 is 1.08. The average Bonchev–Trinajstić information content (AvgIpc) is 3.09. The molecule has 1 aromatic heterocycles. The van der Waals surface area contributed by atoms with E-state index in [1.165, 1.54) is 18.4 Å². The molecule has 1 atom stereocenters. The lowest BCUT2D eigenvalue weighted by Crippen LogP contribution is -2.44. The van der Waals surface area contributed by atoms with E-state index in [1.807, 2.05) is 12.4 Å². The molecule has 106 valence electrons. The summed E-state index contributed by atoms with van der Waals surface area (Å²) in [5.74, 6) is 0.862. The van der Waals surface area contributed by atoms with Crippen molar-refractivity contribution in [3.8, 4) is 0 Å². The molecule has 1 aliphatic rings. The van der Waals surface area contributed by atoms with E-state index >= 15 is 0 Å². The van der Waals surface area contributed by atoms with Crippen molar-refractivity contribution in [1.82, 2.24) is 10.3 Å². The van der Waals surface area contributed by atoms with E-state index in [2.05, 4.69) is 60.0 Å². The van der Waals surface area contributed by atoms with Gasteiger partial charge < -0.3 is 5.32 Å². The lowest BCUT2D eigenvalue weighted by molar-refractivity contribution is 0.227. The number of nitrogens with zero attached hydrogens (tertiary/aromatic N) is 1. The quantitative estimate of drug-likeness (QED) is 0.878. The molecule has 1 aliphatic carbocycles. The second-order valence-corrected chi connectivity index (χ2v) is 8.14. The fraction of sp³-hybridized carbons (Fsp3) is 0.688. The van der Waals surface area contributed by atoms with Gasteiger partial charge >= 0.3 is 0 Å². The second kappa shape index (κ2) is 5.53. The van der Waals surface area contributed by atoms with E-state index in [0.29, 0.717) is 5.41 Å². The summed E-state index contributed by atoms with van der Waals surface area (Å²) >= 11 is 3.51. The first-order valence-corrected chi connectivity index (χ1v) is 7.92. The van der Waals surface area contributed by atoms with Crippen molar-refractivity contribution in [3.63, 3.8) is 0 Å². The van der Waals surface area contributed by atoms with Gasteiger partial charge in [0.05, 0.1) is 0 Å². The number of hydrogen-bond acceptors (Lipinski definition) is 2. The third-order valence-corrected chi connectivity index (χ3v) is 4.39. The molecule has 0 bridgehead atoms. The van der Waals surface area contributed by atoms with E-state index in [9.17, 15) is 0 Å². The minimum Gasteiger partial charge on any atom is -0.312 e. The first kappa shape index (κ1) is 15.0. The van der Waals surface area contributed by atoms with Crippen LogP contribution in [0.25, 0.3) is 0 Å². The van der Waals surface area contributed by atoms with Gasteiger partial charge in [-0.05, 0) is 78.9 Å². The summed E-state index contributed by atoms with van der Waals surface area (Å²) in [6, 6.07) is 2.20. The first-order valence-electron chi connectivity index (χ1n) is 7.13. The number of aromatic nitrogens is 1. The molecule has 1 fully saturated rings. The smallest absolute Gasteiger partial charge is 0.0410 e. The third kappa shape index (κ3) is 4.57. The maximum atomic E-state index is 4.29. The molecule has 1 heterocycles. The zero-order chi connectivity index (χ0) is 14.1. The number of pyridine rings is 1. The van der Waals surface area contributed by atoms with Gasteiger partial charge in [0.2, 0.25) is 0 Å². The fourth-order valence-electron chi connectivity index (χ4n) is 2.62. The van der Waals surface area contributed by atoms with Crippen LogP contribution in [-0.2, 0) is 6.42 Å². The van der Waals surface area contributed by atoms with E-state index in [-0.39, 0.29) is 5.54 Å². The van der Waals surface area contributed by atoms with Crippen molar-refractivity contribution in [3.05, 3.63) is 28.5 Å². The monoisotopic (exact) mass is 324 g/mol. The van der Waals surface area contributed by atoms with Gasteiger partial charge in [-0.3, -0.25) is 4.98 Å². The Balaban J connectivity index is 2.07. The molecule has 0 aliphatic heterocycles. The average molecular weight is 325 g/mol. The van der Waals surface area contributed by atoms with Crippen LogP contribution in [0.1, 0.15) is 46.1 Å². The Morgan fingerprint density at radius 2 is 1.95 bits per heavy atom. The van der Waals surface area contributed by atoms with Crippen molar-refractivity contribution in [2.75, 3.05) is 6.54 Å². The molecule has 1 unspecified atom stereocenters. The zero-order valence-corrected chi connectivity index (χ0v) is 14.0. The van der Waals surface area contributed by atoms with Gasteiger partial charge in [-0.2, -0.15) is 0 Å². The Morgan fingerprint density at radius 1 is 1.26 bits per heavy atom. The van der Waals surface area contributed by atoms with Crippen LogP contribution in [0.4, 0.5) is 0 Å². The topological polar surface area (TPSA) is 24.9 Å². The number of halogens is 1. The second-order valence-electron chi connectivity index (χ2n) is 7.22. The Labute approximate surface area is 125 Å². The van der Waals surface area contributed by atoms with Crippen LogP contribution in [0.3, 0.4) is 0 Å². The van der Waals surface area contributed by atoms with Gasteiger partial charge in [-0.15, -0.1) is 0 Å². The van der Waals surface area contributed by atoms with Gasteiger partial charge in [-0.1, -0.05) is 6.92 Å². The Kier molecular flexibility index (Phi) is 4.36. The summed E-state index contributed by atoms with van der Waals surface area (Å²) in [5.41, 5.74) is 1.86. The molecule has 0 aromatic carbocycles. The standard InChI is InChI=1S/C16H25BrN2/c1-15(2,3)19-11-16(4,13-5-6-13)8-12-7-14(17)10-18-9-12/h7,9-10,13,19H,5-6,8,11H2,1-4H3. The van der Waals surface area contributed by atoms with Crippen LogP contribution in [-0.4, -0.2) is 17.1 Å². The Hall–Kier alpha value is -0.410. The van der Waals surface area contributed by atoms with E-state index in [4.69, 9.17) is 0 Å². The minimum absolute atomic E-state index is 0.186. The van der Waals surface area contributed by atoms with E-state index < -0.39 is 0 Å². The predicted molar refractivity (Wildman–Crippen MR) is 84.2 cm³/mol. The van der Waals surface area contributed by atoms with Crippen molar-refractivity contribution >= 4 is 15.9 Å². The summed E-state index contributed by atoms with van der Waals surface area (Å²) in [4.78, 5) is 4.29. The summed E-state index contributed by atoms with van der Waals surface area (Å²) in [5, 5.41) is 3.69. The summed E-state index contributed by atoms with van der Waals surface area (Å²) in [6.45, 7) is 10.2. The number of nitrogens with one attached hydrogen (secondary N) is 1. The number of hydrogen-bond donors (Lipinski definition) is 1. The fourth-order valence-corrected chi connectivity index (χ4v) is 3.03. The zero-order valence-electron chi connectivity index (χ0n) is 12.5. The SMILES string of the molecule is CC(C)(C)NCC(C)(Cc1cncc(Br)c1)C1CC1. The molecule has 0 saturated heterocycles. The van der Waals surface area contributed by atoms with Gasteiger partial charge in [0, 0.05) is 29.0 Å². The van der Waals surface area contributed by atoms with Gasteiger partial charge in [0.1, 0.15) is 0 Å². The minimum atomic E-state index is 0.186. The largest absolute Gasteiger partial charge is 0.312 e. The van der Waals surface area contributed by atoms with Crippen LogP contribution in [0, 0.1) is 11.3 Å². The summed E-state index contributed by atoms with van der Waals surface area (Å²) in [6.07, 6.45) is 7.72. The molecule has 1 saturated carbocycles. The molecular weight excluding hydrogens is 300 g/mol. The van der Waals surface area contributed by atoms with Crippen LogP contribution < -0.4 is 5.32 Å². The highest BCUT2D eigenvalue weighted by Gasteiger charge is 2.41. The summed E-state index contributed by atoms with van der Waals surface area (Å²) in [7, 11) is 0. The van der Waals surface area contributed by atoms with Crippen molar-refractivity contribution < 1.29 is 0 Å². The lowest BCUT2D eigenvalue weighted by atomic mass is 9.78. The molecule has 3 heteroatoms. The molecular formula is C16H25BrN2. The molecule has 0 spiro atoms. The van der Waals surface area contributed by atoms with Gasteiger partial charge in [0.15, 0.2) is 0 Å². The lowest BCUT2D eigenvalue weighted by Gasteiger charge is -2.34. The normalized spacial score (nSPS) is 19.2. The van der Waals surface area contributed by atoms with Crippen LogP contribution in [0.5, 0.6) is 0 Å². The van der Waals surface area contributed by atoms with Gasteiger partial charge in [-0.25, -0.2) is 0 Å². The van der Waals surface area contributed by atoms with Crippen LogP contribution in [0.15, 0.2) is 22.9 Å². The molecule has 0 radical (unpaired) electrons. The molecule has 1 aromatic rings. The van der Waals surface area contributed by atoms with Crippen molar-refractivity contribution in [2.24, 2.45) is 11.3 Å². The van der Waals surface area contributed by atoms with Gasteiger partial charge in [0.25, 0.3) is 0 Å². The highest BCUT2D eigenvalue weighted by molar-refractivity contribution is 9.10. The molecule has 1 N–H and O–H groups in total. The number of rotatable bonds is 5. The van der Waals surface area contributed by atoms with Crippen molar-refractivity contribution in [2.45, 2.75) is 52.5 Å². The maximum Gasteiger partial charge on any atom is 0.0410 e. The molecule has 2 nitrogen and oxygen atoms in total. The highest BCUT2D eigenvalue weighted by Crippen LogP contribution is 2.47. The van der Waals surface area contributed by atoms with Crippen LogP contribution in [0.2, 0.25) is 0 Å². The third-order valence-electron chi connectivity index (χ3n) is 3.95. The molecule has 0 amide bonds. The Bertz CT molecular complexity index is 435.